The Balaban J connectivity index is 0.000000219. The van der Waals surface area contributed by atoms with Gasteiger partial charge >= 0.3 is 44.7 Å². The first-order valence-electron chi connectivity index (χ1n) is 21.8. The fraction of sp³-hybridized carbons (Fsp3) is 0.541. The minimum Gasteiger partial charge on any atom is -0.478 e. The molecule has 0 bridgehead atoms. The molecule has 4 aliphatic heterocycles. The molecule has 38 heteroatoms. The van der Waals surface area contributed by atoms with Gasteiger partial charge in [0.25, 0.3) is 0 Å². The Morgan fingerprint density at radius 1 is 0.707 bits per heavy atom. The topological polar surface area (TPSA) is 529 Å². The predicted molar refractivity (Wildman–Crippen MR) is 252 cm³/mol. The molecule has 6 fully saturated rings. The van der Waals surface area contributed by atoms with Crippen molar-refractivity contribution in [2.45, 2.75) is 74.0 Å². The van der Waals surface area contributed by atoms with E-state index in [1.54, 1.807) is 0 Å². The zero-order chi connectivity index (χ0) is 55.1. The molecular formula is C37H46N14O20S4. The van der Waals surface area contributed by atoms with Crippen LogP contribution >= 0.6 is 22.7 Å². The van der Waals surface area contributed by atoms with Gasteiger partial charge in [-0.1, -0.05) is 10.3 Å². The van der Waals surface area contributed by atoms with Gasteiger partial charge < -0.3 is 67.8 Å². The van der Waals surface area contributed by atoms with Crippen LogP contribution in [0.3, 0.4) is 0 Å². The number of hydrogen-bond donors (Lipinski definition) is 9. The van der Waals surface area contributed by atoms with Crippen LogP contribution in [-0.4, -0.2) is 204 Å². The molecule has 4 saturated heterocycles. The number of nitrogen functional groups attached to an aromatic ring is 2. The van der Waals surface area contributed by atoms with E-state index in [9.17, 15) is 74.5 Å². The number of carboxylic acid groups (broad SMARTS) is 2. The highest BCUT2D eigenvalue weighted by atomic mass is 32.2. The fourth-order valence-electron chi connectivity index (χ4n) is 7.94. The molecule has 0 radical (unpaired) electrons. The average molecular weight is 1140 g/mol. The SMILES string of the molecule is NC(N)=NC[C@@H]1CN(C[C@@H]2[C@H](CC(=O)/C(=N\OC3(C(=O)O)CC3)c3csc(N)n3)C(=O)N2S(=O)(=O)O)C(=O)O1.NC[C@@H]1CN(C[C@@H]2[C@H](CC(=O)/C(=N\OC3(C(=O)O)CC3)c3csc(N)n3)C(=O)N2S(=O)(=O)O)C(=O)O1. The van der Waals surface area contributed by atoms with Crippen molar-refractivity contribution in [1.29, 1.82) is 0 Å². The number of ketones is 2. The number of Topliss-reactive ketones (excluding diaryl/α,β-unsaturated/α-hetero) is 2. The summed E-state index contributed by atoms with van der Waals surface area (Å²) in [6, 6.07) is -2.61. The number of cyclic esters (lactones) is 2. The summed E-state index contributed by atoms with van der Waals surface area (Å²) in [4.78, 5) is 123. The highest BCUT2D eigenvalue weighted by molar-refractivity contribution is 7.84. The second-order valence-corrected chi connectivity index (χ2v) is 21.8. The second-order valence-electron chi connectivity index (χ2n) is 17.5. The van der Waals surface area contributed by atoms with Gasteiger partial charge in [0.1, 0.15) is 23.6 Å². The van der Waals surface area contributed by atoms with E-state index in [1.165, 1.54) is 10.8 Å². The number of nitrogens with two attached hydrogens (primary N) is 5. The maximum atomic E-state index is 13.3. The van der Waals surface area contributed by atoms with Crippen LogP contribution in [0.25, 0.3) is 0 Å². The van der Waals surface area contributed by atoms with E-state index in [0.717, 1.165) is 32.5 Å². The van der Waals surface area contributed by atoms with Crippen molar-refractivity contribution in [2.75, 3.05) is 50.7 Å². The van der Waals surface area contributed by atoms with Gasteiger partial charge in [-0.25, -0.2) is 42.7 Å². The van der Waals surface area contributed by atoms with Gasteiger partial charge in [-0.2, -0.15) is 16.8 Å². The lowest BCUT2D eigenvalue weighted by Gasteiger charge is -2.45. The van der Waals surface area contributed by atoms with Gasteiger partial charge in [0, 0.05) is 68.9 Å². The maximum Gasteiger partial charge on any atom is 0.410 e. The first-order chi connectivity index (χ1) is 35.1. The number of hydrogen-bond acceptors (Lipinski definition) is 26. The highest BCUT2D eigenvalue weighted by Crippen LogP contribution is 2.42. The summed E-state index contributed by atoms with van der Waals surface area (Å²) in [6.07, 6.45) is -3.58. The number of carbonyl (C=O) groups is 8. The van der Waals surface area contributed by atoms with E-state index in [4.69, 9.17) is 47.8 Å². The largest absolute Gasteiger partial charge is 0.478 e. The molecule has 14 N–H and O–H groups in total. The molecule has 6 heterocycles. The van der Waals surface area contributed by atoms with E-state index in [1.807, 2.05) is 0 Å². The number of β-lactam (4-membered cyclic amide) rings is 2. The molecular weight excluding hydrogens is 1090 g/mol. The van der Waals surface area contributed by atoms with Gasteiger partial charge in [0.15, 0.2) is 39.2 Å². The lowest BCUT2D eigenvalue weighted by molar-refractivity contribution is -0.154. The first kappa shape index (κ1) is 55.4. The lowest BCUT2D eigenvalue weighted by Crippen LogP contribution is -2.66. The van der Waals surface area contributed by atoms with Gasteiger partial charge in [-0.15, -0.1) is 22.7 Å². The number of thiazole rings is 2. The normalized spacial score (nSPS) is 24.7. The zero-order valence-electron chi connectivity index (χ0n) is 38.5. The summed E-state index contributed by atoms with van der Waals surface area (Å²) in [5.74, 6) is -9.16. The Morgan fingerprint density at radius 3 is 1.40 bits per heavy atom. The molecule has 2 aliphatic carbocycles. The summed E-state index contributed by atoms with van der Waals surface area (Å²) < 4.78 is 76.9. The number of guanidine groups is 1. The number of anilines is 2. The van der Waals surface area contributed by atoms with Crippen molar-refractivity contribution in [2.24, 2.45) is 44.3 Å². The number of rotatable bonds is 23. The van der Waals surface area contributed by atoms with Crippen LogP contribution in [0.2, 0.25) is 0 Å². The number of oxime groups is 2. The van der Waals surface area contributed by atoms with E-state index >= 15 is 0 Å². The molecule has 6 atom stereocenters. The standard InChI is InChI=1S/C19H24N8O10S2.C18H22N6O10S2/c20-16(21)23-4-8-5-26(18(32)36-8)6-11-9(14(29)27(11)39(33,34)35)3-12(28)13(10-7-38-17(22)24-10)25-37-19(1-2-19)15(30)31;19-4-8-5-23(17(29)33-8)6-11-9(14(26)24(11)36(30,31)32)3-12(25)13(10-7-35-16(20)21-10)22-34-18(1-2-18)15(27)28/h7-9,11H,1-6H2,(H2,22,24)(H,30,31)(H4,20,21,23)(H,33,34,35);7-9,11H,1-6,19H2,(H2,20,21)(H,27,28)(H,30,31,32)/b25-13-;22-13-/t2*8-,9+,11-/m11/s1. The lowest BCUT2D eigenvalue weighted by atomic mass is 9.84. The van der Waals surface area contributed by atoms with Crippen LogP contribution in [-0.2, 0) is 68.5 Å². The Kier molecular flexibility index (Phi) is 15.6. The van der Waals surface area contributed by atoms with E-state index in [-0.39, 0.29) is 94.6 Å². The molecule has 2 aromatic rings. The third kappa shape index (κ3) is 12.1. The summed E-state index contributed by atoms with van der Waals surface area (Å²) >= 11 is 1.95. The molecule has 2 saturated carbocycles. The maximum absolute atomic E-state index is 13.3. The predicted octanol–water partition coefficient (Wildman–Crippen LogP) is -3.82. The number of carbonyl (C=O) groups excluding carboxylic acids is 6. The molecule has 8 rings (SSSR count). The van der Waals surface area contributed by atoms with Crippen LogP contribution in [0.5, 0.6) is 0 Å². The molecule has 0 spiro atoms. The zero-order valence-corrected chi connectivity index (χ0v) is 41.7. The minimum absolute atomic E-state index is 0.0181. The van der Waals surface area contributed by atoms with Crippen molar-refractivity contribution in [1.82, 2.24) is 28.4 Å². The number of carboxylic acids is 2. The van der Waals surface area contributed by atoms with Gasteiger partial charge in [-0.05, 0) is 0 Å². The number of aliphatic carboxylic acids is 2. The van der Waals surface area contributed by atoms with Gasteiger partial charge in [0.05, 0.1) is 43.6 Å². The average Bonchev–Trinajstić information content (AvgIpc) is 4.10. The van der Waals surface area contributed by atoms with Crippen molar-refractivity contribution >= 4 is 118 Å². The molecule has 6 aliphatic rings. The molecule has 75 heavy (non-hydrogen) atoms. The quantitative estimate of drug-likeness (QED) is 0.0169. The van der Waals surface area contributed by atoms with Crippen LogP contribution in [0.1, 0.15) is 49.9 Å². The minimum atomic E-state index is -5.04. The summed E-state index contributed by atoms with van der Waals surface area (Å²) in [5, 5.41) is 29.0. The number of aromatic nitrogens is 2. The van der Waals surface area contributed by atoms with E-state index < -0.39 is 146 Å². The number of amides is 4. The smallest absolute Gasteiger partial charge is 0.410 e. The first-order valence-corrected chi connectivity index (χ1v) is 26.4. The third-order valence-corrected chi connectivity index (χ3v) is 15.5. The molecule has 34 nitrogen and oxygen atoms in total. The number of ether oxygens (including phenoxy) is 2. The molecule has 2 aromatic heterocycles. The van der Waals surface area contributed by atoms with Gasteiger partial charge in [-0.3, -0.25) is 28.3 Å². The summed E-state index contributed by atoms with van der Waals surface area (Å²) in [7, 11) is -10.0. The van der Waals surface area contributed by atoms with Crippen LogP contribution < -0.4 is 28.7 Å². The Bertz CT molecular complexity index is 3010. The molecule has 0 aromatic carbocycles. The van der Waals surface area contributed by atoms with Crippen molar-refractivity contribution in [3.63, 3.8) is 0 Å². The summed E-state index contributed by atoms with van der Waals surface area (Å²) in [6.45, 7) is -0.841. The molecule has 408 valence electrons. The van der Waals surface area contributed by atoms with Crippen LogP contribution in [0.15, 0.2) is 26.1 Å². The molecule has 4 amide bonds. The number of nitrogens with zero attached hydrogens (tertiary/aromatic N) is 9. The summed E-state index contributed by atoms with van der Waals surface area (Å²) in [5.41, 5.74) is 23.3. The van der Waals surface area contributed by atoms with E-state index in [2.05, 4.69) is 25.3 Å². The third-order valence-electron chi connectivity index (χ3n) is 12.2. The van der Waals surface area contributed by atoms with Crippen molar-refractivity contribution in [3.8, 4) is 0 Å². The monoisotopic (exact) mass is 1130 g/mol. The Morgan fingerprint density at radius 2 is 1.09 bits per heavy atom. The number of aliphatic imine (C=N–C) groups is 1. The van der Waals surface area contributed by atoms with Crippen molar-refractivity contribution < 1.29 is 93.7 Å². The van der Waals surface area contributed by atoms with Crippen molar-refractivity contribution in [3.05, 3.63) is 22.1 Å². The van der Waals surface area contributed by atoms with E-state index in [0.29, 0.717) is 0 Å². The Labute approximate surface area is 430 Å². The second kappa shape index (κ2) is 21.1. The van der Waals surface area contributed by atoms with Crippen LogP contribution in [0, 0.1) is 11.8 Å². The molecule has 0 unspecified atom stereocenters. The highest BCUT2D eigenvalue weighted by Gasteiger charge is 2.58. The Hall–Kier alpha value is -7.39. The fourth-order valence-corrected chi connectivity index (χ4v) is 10.9. The van der Waals surface area contributed by atoms with Gasteiger partial charge in [0.2, 0.25) is 23.0 Å². The van der Waals surface area contributed by atoms with Crippen LogP contribution in [0.4, 0.5) is 19.9 Å².